The van der Waals surface area contributed by atoms with Crippen molar-refractivity contribution in [1.82, 2.24) is 14.8 Å². The number of nitrogens with one attached hydrogen (secondary N) is 1. The Morgan fingerprint density at radius 3 is 2.72 bits per heavy atom. The third-order valence-electron chi connectivity index (χ3n) is 2.66. The molecule has 0 spiro atoms. The predicted molar refractivity (Wildman–Crippen MR) is 69.3 cm³/mol. The molecular formula is C12H15N5O. The highest BCUT2D eigenvalue weighted by Crippen LogP contribution is 2.21. The van der Waals surface area contributed by atoms with Crippen molar-refractivity contribution >= 4 is 17.4 Å². The lowest BCUT2D eigenvalue weighted by Gasteiger charge is -2.06. The molecule has 18 heavy (non-hydrogen) atoms. The molecule has 6 nitrogen and oxygen atoms in total. The Morgan fingerprint density at radius 1 is 1.44 bits per heavy atom. The zero-order valence-corrected chi connectivity index (χ0v) is 10.6. The highest BCUT2D eigenvalue weighted by atomic mass is 16.1. The van der Waals surface area contributed by atoms with E-state index in [0.717, 1.165) is 5.69 Å². The lowest BCUT2D eigenvalue weighted by molar-refractivity contribution is 0.102. The molecule has 1 amide bonds. The Bertz CT molecular complexity index is 603. The van der Waals surface area contributed by atoms with Crippen molar-refractivity contribution < 1.29 is 4.79 Å². The molecule has 0 aromatic carbocycles. The first-order valence-electron chi connectivity index (χ1n) is 5.52. The minimum atomic E-state index is -0.227. The second kappa shape index (κ2) is 4.48. The number of aryl methyl sites for hydroxylation is 3. The number of nitrogens with zero attached hydrogens (tertiary/aromatic N) is 3. The molecule has 3 N–H and O–H groups in total. The summed E-state index contributed by atoms with van der Waals surface area (Å²) >= 11 is 0. The highest BCUT2D eigenvalue weighted by Gasteiger charge is 2.14. The minimum Gasteiger partial charge on any atom is -0.394 e. The van der Waals surface area contributed by atoms with E-state index in [1.165, 1.54) is 0 Å². The Morgan fingerprint density at radius 2 is 2.17 bits per heavy atom. The van der Waals surface area contributed by atoms with Crippen LogP contribution in [-0.4, -0.2) is 20.7 Å². The number of carbonyl (C=O) groups is 1. The standard InChI is InChI=1S/C12H15N5O/c1-7-6-9(4-5-14-7)12(18)15-11-10(13)8(2)16-17(11)3/h4-6H,13H2,1-3H3,(H,15,18). The maximum absolute atomic E-state index is 12.0. The second-order valence-electron chi connectivity index (χ2n) is 4.11. The maximum atomic E-state index is 12.0. The first-order chi connectivity index (χ1) is 8.49. The molecule has 0 aliphatic heterocycles. The van der Waals surface area contributed by atoms with Gasteiger partial charge in [0, 0.05) is 24.5 Å². The normalized spacial score (nSPS) is 10.4. The third-order valence-corrected chi connectivity index (χ3v) is 2.66. The van der Waals surface area contributed by atoms with Crippen LogP contribution >= 0.6 is 0 Å². The first-order valence-corrected chi connectivity index (χ1v) is 5.52. The topological polar surface area (TPSA) is 85.8 Å². The number of rotatable bonds is 2. The summed E-state index contributed by atoms with van der Waals surface area (Å²) in [6.07, 6.45) is 1.60. The Labute approximate surface area is 105 Å². The smallest absolute Gasteiger partial charge is 0.256 e. The Kier molecular flexibility index (Phi) is 3.01. The van der Waals surface area contributed by atoms with E-state index in [-0.39, 0.29) is 5.91 Å². The van der Waals surface area contributed by atoms with Gasteiger partial charge in [-0.15, -0.1) is 0 Å². The van der Waals surface area contributed by atoms with Gasteiger partial charge in [-0.2, -0.15) is 5.10 Å². The van der Waals surface area contributed by atoms with Crippen LogP contribution in [0.25, 0.3) is 0 Å². The largest absolute Gasteiger partial charge is 0.394 e. The van der Waals surface area contributed by atoms with Gasteiger partial charge in [0.15, 0.2) is 5.82 Å². The number of nitrogen functional groups attached to an aromatic ring is 1. The average molecular weight is 245 g/mol. The molecule has 0 radical (unpaired) electrons. The van der Waals surface area contributed by atoms with Crippen molar-refractivity contribution in [2.75, 3.05) is 11.1 Å². The molecule has 2 aromatic heterocycles. The van der Waals surface area contributed by atoms with Crippen LogP contribution in [-0.2, 0) is 7.05 Å². The monoisotopic (exact) mass is 245 g/mol. The van der Waals surface area contributed by atoms with Crippen LogP contribution in [0.1, 0.15) is 21.7 Å². The van der Waals surface area contributed by atoms with E-state index in [2.05, 4.69) is 15.4 Å². The van der Waals surface area contributed by atoms with Gasteiger partial charge < -0.3 is 11.1 Å². The zero-order valence-electron chi connectivity index (χ0n) is 10.6. The number of aromatic nitrogens is 3. The summed E-state index contributed by atoms with van der Waals surface area (Å²) in [4.78, 5) is 16.1. The van der Waals surface area contributed by atoms with Gasteiger partial charge in [-0.1, -0.05) is 0 Å². The SMILES string of the molecule is Cc1cc(C(=O)Nc2c(N)c(C)nn2C)ccn1. The number of nitrogens with two attached hydrogens (primary N) is 1. The highest BCUT2D eigenvalue weighted by molar-refractivity contribution is 6.05. The third kappa shape index (κ3) is 2.17. The Balaban J connectivity index is 2.27. The molecule has 0 fully saturated rings. The van der Waals surface area contributed by atoms with Crippen molar-refractivity contribution in [3.63, 3.8) is 0 Å². The molecule has 2 aromatic rings. The quantitative estimate of drug-likeness (QED) is 0.834. The molecule has 2 rings (SSSR count). The number of hydrogen-bond acceptors (Lipinski definition) is 4. The number of amides is 1. The van der Waals surface area contributed by atoms with Crippen molar-refractivity contribution in [1.29, 1.82) is 0 Å². The van der Waals surface area contributed by atoms with Gasteiger partial charge in [-0.3, -0.25) is 14.5 Å². The minimum absolute atomic E-state index is 0.227. The van der Waals surface area contributed by atoms with Gasteiger partial charge in [0.25, 0.3) is 5.91 Å². The van der Waals surface area contributed by atoms with Gasteiger partial charge in [-0.05, 0) is 26.0 Å². The summed E-state index contributed by atoms with van der Waals surface area (Å²) in [7, 11) is 1.73. The van der Waals surface area contributed by atoms with Crippen LogP contribution < -0.4 is 11.1 Å². The van der Waals surface area contributed by atoms with E-state index in [0.29, 0.717) is 22.8 Å². The van der Waals surface area contributed by atoms with Crippen LogP contribution in [0.5, 0.6) is 0 Å². The van der Waals surface area contributed by atoms with Gasteiger partial charge in [0.05, 0.1) is 11.4 Å². The van der Waals surface area contributed by atoms with E-state index in [1.807, 2.05) is 6.92 Å². The molecule has 0 unspecified atom stereocenters. The summed E-state index contributed by atoms with van der Waals surface area (Å²) in [5, 5.41) is 6.89. The van der Waals surface area contributed by atoms with Crippen LogP contribution in [0.4, 0.5) is 11.5 Å². The van der Waals surface area contributed by atoms with Crippen LogP contribution in [0.2, 0.25) is 0 Å². The Hall–Kier alpha value is -2.37. The van der Waals surface area contributed by atoms with Crippen molar-refractivity contribution in [2.24, 2.45) is 7.05 Å². The van der Waals surface area contributed by atoms with Gasteiger partial charge in [0.2, 0.25) is 0 Å². The van der Waals surface area contributed by atoms with E-state index in [9.17, 15) is 4.79 Å². The second-order valence-corrected chi connectivity index (χ2v) is 4.11. The lowest BCUT2D eigenvalue weighted by atomic mass is 10.2. The summed E-state index contributed by atoms with van der Waals surface area (Å²) in [6.45, 7) is 3.63. The summed E-state index contributed by atoms with van der Waals surface area (Å²) in [5.74, 6) is 0.280. The molecule has 0 bridgehead atoms. The van der Waals surface area contributed by atoms with Crippen molar-refractivity contribution in [3.05, 3.63) is 35.3 Å². The van der Waals surface area contributed by atoms with Crippen molar-refractivity contribution in [3.8, 4) is 0 Å². The van der Waals surface area contributed by atoms with E-state index in [1.54, 1.807) is 37.0 Å². The fourth-order valence-electron chi connectivity index (χ4n) is 1.69. The van der Waals surface area contributed by atoms with E-state index in [4.69, 9.17) is 5.73 Å². The molecule has 2 heterocycles. The maximum Gasteiger partial charge on any atom is 0.256 e. The molecule has 0 atom stereocenters. The van der Waals surface area contributed by atoms with E-state index < -0.39 is 0 Å². The number of anilines is 2. The molecule has 6 heteroatoms. The molecule has 0 aliphatic carbocycles. The fourth-order valence-corrected chi connectivity index (χ4v) is 1.69. The molecule has 0 aliphatic rings. The van der Waals surface area contributed by atoms with Crippen LogP contribution in [0, 0.1) is 13.8 Å². The summed E-state index contributed by atoms with van der Waals surface area (Å²) < 4.78 is 1.55. The summed E-state index contributed by atoms with van der Waals surface area (Å²) in [6, 6.07) is 3.37. The fraction of sp³-hybridized carbons (Fsp3) is 0.250. The summed E-state index contributed by atoms with van der Waals surface area (Å²) in [5.41, 5.74) is 8.36. The zero-order chi connectivity index (χ0) is 13.3. The number of hydrogen-bond donors (Lipinski definition) is 2. The van der Waals surface area contributed by atoms with Gasteiger partial charge in [0.1, 0.15) is 0 Å². The predicted octanol–water partition coefficient (Wildman–Crippen LogP) is 1.27. The molecular weight excluding hydrogens is 230 g/mol. The van der Waals surface area contributed by atoms with E-state index >= 15 is 0 Å². The van der Waals surface area contributed by atoms with Gasteiger partial charge >= 0.3 is 0 Å². The lowest BCUT2D eigenvalue weighted by Crippen LogP contribution is -2.15. The van der Waals surface area contributed by atoms with Crippen molar-refractivity contribution in [2.45, 2.75) is 13.8 Å². The average Bonchev–Trinajstić information content (AvgIpc) is 2.56. The van der Waals surface area contributed by atoms with Crippen LogP contribution in [0.3, 0.4) is 0 Å². The van der Waals surface area contributed by atoms with Crippen LogP contribution in [0.15, 0.2) is 18.3 Å². The molecule has 94 valence electrons. The molecule has 0 saturated heterocycles. The number of carbonyl (C=O) groups excluding carboxylic acids is 1. The molecule has 0 saturated carbocycles. The first kappa shape index (κ1) is 12.1. The van der Waals surface area contributed by atoms with Gasteiger partial charge in [-0.25, -0.2) is 0 Å². The number of pyridine rings is 1.